The molecule has 4 heteroatoms. The van der Waals surface area contributed by atoms with Gasteiger partial charge in [0.2, 0.25) is 0 Å². The van der Waals surface area contributed by atoms with Crippen LogP contribution in [0.25, 0.3) is 0 Å². The number of hydrogen-bond donors (Lipinski definition) is 0. The molecule has 1 saturated heterocycles. The summed E-state index contributed by atoms with van der Waals surface area (Å²) in [7, 11) is 0. The van der Waals surface area contributed by atoms with Gasteiger partial charge in [-0.2, -0.15) is 0 Å². The average molecular weight is 271 g/mol. The van der Waals surface area contributed by atoms with E-state index in [1.165, 1.54) is 0 Å². The van der Waals surface area contributed by atoms with Crippen LogP contribution >= 0.6 is 0 Å². The summed E-state index contributed by atoms with van der Waals surface area (Å²) in [5.74, 6) is 0.0426. The average Bonchev–Trinajstić information content (AvgIpc) is 2.72. The Morgan fingerprint density at radius 1 is 1.30 bits per heavy atom. The zero-order valence-electron chi connectivity index (χ0n) is 11.4. The van der Waals surface area contributed by atoms with Crippen LogP contribution in [0.3, 0.4) is 0 Å². The van der Waals surface area contributed by atoms with Crippen LogP contribution in [0.5, 0.6) is 0 Å². The van der Waals surface area contributed by atoms with Gasteiger partial charge in [0.15, 0.2) is 11.4 Å². The van der Waals surface area contributed by atoms with Crippen molar-refractivity contribution >= 4 is 17.6 Å². The van der Waals surface area contributed by atoms with Crippen molar-refractivity contribution in [2.45, 2.75) is 37.8 Å². The predicted molar refractivity (Wildman–Crippen MR) is 75.6 cm³/mol. The van der Waals surface area contributed by atoms with Gasteiger partial charge in [-0.3, -0.25) is 9.69 Å². The first-order chi connectivity index (χ1) is 9.66. The molecule has 0 bridgehead atoms. The van der Waals surface area contributed by atoms with Crippen LogP contribution in [-0.2, 0) is 9.53 Å². The Hall–Kier alpha value is -2.10. The molecule has 0 N–H and O–H groups in total. The normalized spacial score (nSPS) is 28.4. The number of nitrogens with zero attached hydrogens (tertiary/aromatic N) is 1. The summed E-state index contributed by atoms with van der Waals surface area (Å²) >= 11 is 0. The number of fused-ring (bicyclic) bond motifs is 1. The van der Waals surface area contributed by atoms with E-state index in [0.717, 1.165) is 18.5 Å². The summed E-state index contributed by atoms with van der Waals surface area (Å²) < 4.78 is 5.66. The van der Waals surface area contributed by atoms with Crippen LogP contribution < -0.4 is 4.90 Å². The highest BCUT2D eigenvalue weighted by Gasteiger charge is 2.54. The summed E-state index contributed by atoms with van der Waals surface area (Å²) in [6.45, 7) is 2.05. The van der Waals surface area contributed by atoms with Gasteiger partial charge >= 0.3 is 6.09 Å². The zero-order valence-corrected chi connectivity index (χ0v) is 11.4. The van der Waals surface area contributed by atoms with E-state index < -0.39 is 5.60 Å². The minimum Gasteiger partial charge on any atom is -0.436 e. The van der Waals surface area contributed by atoms with Gasteiger partial charge in [-0.05, 0) is 30.7 Å². The molecule has 1 aromatic rings. The van der Waals surface area contributed by atoms with Gasteiger partial charge in [-0.25, -0.2) is 4.79 Å². The molecule has 0 unspecified atom stereocenters. The molecule has 1 heterocycles. The summed E-state index contributed by atoms with van der Waals surface area (Å²) in [4.78, 5) is 25.7. The second kappa shape index (κ2) is 4.78. The van der Waals surface area contributed by atoms with Crippen molar-refractivity contribution in [3.05, 3.63) is 42.5 Å². The molecule has 4 nitrogen and oxygen atoms in total. The second-order valence-electron chi connectivity index (χ2n) is 5.30. The number of hydrogen-bond acceptors (Lipinski definition) is 3. The molecule has 3 rings (SSSR count). The Labute approximate surface area is 118 Å². The maximum Gasteiger partial charge on any atom is 0.415 e. The fourth-order valence-corrected chi connectivity index (χ4v) is 3.09. The third-order valence-electron chi connectivity index (χ3n) is 3.97. The lowest BCUT2D eigenvalue weighted by Crippen LogP contribution is -2.47. The minimum atomic E-state index is -0.657. The van der Waals surface area contributed by atoms with E-state index in [0.29, 0.717) is 6.42 Å². The number of allylic oxidation sites excluding steroid dienone is 1. The molecule has 0 saturated carbocycles. The number of benzene rings is 1. The van der Waals surface area contributed by atoms with Crippen molar-refractivity contribution in [2.24, 2.45) is 0 Å². The first kappa shape index (κ1) is 12.9. The highest BCUT2D eigenvalue weighted by molar-refractivity contribution is 5.98. The fraction of sp³-hybridized carbons (Fsp3) is 0.375. The van der Waals surface area contributed by atoms with Crippen molar-refractivity contribution in [3.63, 3.8) is 0 Å². The standard InChI is InChI=1S/C16H17NO3/c1-2-9-16-10-8-13(18)11-14(16)17(15(19)20-16)12-6-4-3-5-7-12/h3-8,10,14H,2,9,11H2,1H3/t14-,16+/m0/s1. The van der Waals surface area contributed by atoms with Crippen LogP contribution in [0.15, 0.2) is 42.5 Å². The summed E-state index contributed by atoms with van der Waals surface area (Å²) in [5, 5.41) is 0. The van der Waals surface area contributed by atoms with Gasteiger partial charge < -0.3 is 4.74 Å². The molecule has 1 fully saturated rings. The van der Waals surface area contributed by atoms with Crippen molar-refractivity contribution in [3.8, 4) is 0 Å². The molecule has 104 valence electrons. The van der Waals surface area contributed by atoms with Crippen LogP contribution in [0.1, 0.15) is 26.2 Å². The summed E-state index contributed by atoms with van der Waals surface area (Å²) in [6.07, 6.45) is 4.90. The van der Waals surface area contributed by atoms with Crippen molar-refractivity contribution < 1.29 is 14.3 Å². The van der Waals surface area contributed by atoms with E-state index in [4.69, 9.17) is 4.74 Å². The number of ether oxygens (including phenoxy) is 1. The van der Waals surface area contributed by atoms with Crippen molar-refractivity contribution in [1.29, 1.82) is 0 Å². The maximum absolute atomic E-state index is 12.3. The number of ketones is 1. The molecule has 1 aliphatic heterocycles. The van der Waals surface area contributed by atoms with Gasteiger partial charge in [0, 0.05) is 12.1 Å². The highest BCUT2D eigenvalue weighted by Crippen LogP contribution is 2.41. The monoisotopic (exact) mass is 271 g/mol. The third-order valence-corrected chi connectivity index (χ3v) is 3.97. The maximum atomic E-state index is 12.3. The van der Waals surface area contributed by atoms with Crippen LogP contribution in [0.4, 0.5) is 10.5 Å². The third kappa shape index (κ3) is 1.92. The second-order valence-corrected chi connectivity index (χ2v) is 5.30. The van der Waals surface area contributed by atoms with Gasteiger partial charge in [0.1, 0.15) is 0 Å². The van der Waals surface area contributed by atoms with E-state index >= 15 is 0 Å². The molecule has 2 atom stereocenters. The van der Waals surface area contributed by atoms with Gasteiger partial charge in [-0.15, -0.1) is 0 Å². The Morgan fingerprint density at radius 2 is 2.05 bits per heavy atom. The summed E-state index contributed by atoms with van der Waals surface area (Å²) in [6, 6.07) is 9.15. The van der Waals surface area contributed by atoms with E-state index in [9.17, 15) is 9.59 Å². The SMILES string of the molecule is CCC[C@@]12C=CC(=O)C[C@@H]1N(c1ccccc1)C(=O)O2. The van der Waals surface area contributed by atoms with E-state index in [-0.39, 0.29) is 17.9 Å². The topological polar surface area (TPSA) is 46.6 Å². The Kier molecular flexibility index (Phi) is 3.08. The smallest absolute Gasteiger partial charge is 0.415 e. The van der Waals surface area contributed by atoms with Crippen molar-refractivity contribution in [1.82, 2.24) is 0 Å². The van der Waals surface area contributed by atoms with E-state index in [1.54, 1.807) is 17.1 Å². The zero-order chi connectivity index (χ0) is 14.2. The molecule has 0 radical (unpaired) electrons. The molecule has 1 aliphatic carbocycles. The number of para-hydroxylation sites is 1. The highest BCUT2D eigenvalue weighted by atomic mass is 16.6. The molecule has 0 spiro atoms. The Morgan fingerprint density at radius 3 is 2.75 bits per heavy atom. The minimum absolute atomic E-state index is 0.0426. The largest absolute Gasteiger partial charge is 0.436 e. The fourth-order valence-electron chi connectivity index (χ4n) is 3.09. The number of anilines is 1. The molecule has 0 aromatic heterocycles. The lowest BCUT2D eigenvalue weighted by atomic mass is 9.81. The molecule has 2 aliphatic rings. The number of amides is 1. The quantitative estimate of drug-likeness (QED) is 0.848. The van der Waals surface area contributed by atoms with Gasteiger partial charge in [0.25, 0.3) is 0 Å². The molecule has 20 heavy (non-hydrogen) atoms. The van der Waals surface area contributed by atoms with Crippen LogP contribution in [0.2, 0.25) is 0 Å². The van der Waals surface area contributed by atoms with Gasteiger partial charge in [-0.1, -0.05) is 31.5 Å². The first-order valence-corrected chi connectivity index (χ1v) is 6.95. The van der Waals surface area contributed by atoms with Gasteiger partial charge in [0.05, 0.1) is 6.04 Å². The van der Waals surface area contributed by atoms with Crippen molar-refractivity contribution in [2.75, 3.05) is 4.90 Å². The lowest BCUT2D eigenvalue weighted by Gasteiger charge is -2.34. The first-order valence-electron chi connectivity index (χ1n) is 6.95. The molecule has 1 aromatic carbocycles. The molecule has 1 amide bonds. The Bertz CT molecular complexity index is 566. The van der Waals surface area contributed by atoms with E-state index in [2.05, 4.69) is 6.92 Å². The number of carbonyl (C=O) groups is 2. The van der Waals surface area contributed by atoms with Crippen LogP contribution in [-0.4, -0.2) is 23.5 Å². The predicted octanol–water partition coefficient (Wildman–Crippen LogP) is 3.08. The number of carbonyl (C=O) groups excluding carboxylic acids is 2. The van der Waals surface area contributed by atoms with E-state index in [1.807, 2.05) is 30.3 Å². The lowest BCUT2D eigenvalue weighted by molar-refractivity contribution is -0.116. The van der Waals surface area contributed by atoms with Crippen LogP contribution in [0, 0.1) is 0 Å². The number of rotatable bonds is 3. The molecular weight excluding hydrogens is 254 g/mol. The molecular formula is C16H17NO3. The summed E-state index contributed by atoms with van der Waals surface area (Å²) in [5.41, 5.74) is 0.124. The Balaban J connectivity index is 2.03.